The zero-order valence-electron chi connectivity index (χ0n) is 15.9. The molecular weight excluding hydrogens is 326 g/mol. The molecule has 6 heteroatoms. The van der Waals surface area contributed by atoms with Crippen LogP contribution in [0.4, 0.5) is 0 Å². The molecule has 1 aliphatic rings. The summed E-state index contributed by atoms with van der Waals surface area (Å²) in [5.41, 5.74) is 1.32. The lowest BCUT2D eigenvalue weighted by Crippen LogP contribution is -2.44. The first-order chi connectivity index (χ1) is 12.5. The monoisotopic (exact) mass is 355 g/mol. The quantitative estimate of drug-likeness (QED) is 0.815. The molecule has 1 fully saturated rings. The molecule has 140 valence electrons. The largest absolute Gasteiger partial charge is 0.350 e. The van der Waals surface area contributed by atoms with E-state index in [1.807, 2.05) is 23.8 Å². The van der Waals surface area contributed by atoms with Crippen molar-refractivity contribution in [1.82, 2.24) is 24.7 Å². The van der Waals surface area contributed by atoms with Crippen LogP contribution in [0.25, 0.3) is 0 Å². The van der Waals surface area contributed by atoms with Gasteiger partial charge in [0.2, 0.25) is 5.91 Å². The third-order valence-electron chi connectivity index (χ3n) is 4.95. The summed E-state index contributed by atoms with van der Waals surface area (Å²) in [7, 11) is 4.18. The summed E-state index contributed by atoms with van der Waals surface area (Å²) in [6.07, 6.45) is 3.58. The summed E-state index contributed by atoms with van der Waals surface area (Å²) in [5, 5.41) is 3.26. The van der Waals surface area contributed by atoms with Gasteiger partial charge in [0, 0.05) is 50.5 Å². The van der Waals surface area contributed by atoms with E-state index in [-0.39, 0.29) is 11.9 Å². The fraction of sp³-hybridized carbons (Fsp3) is 0.500. The molecular formula is C20H29N5O. The molecule has 0 unspecified atom stereocenters. The van der Waals surface area contributed by atoms with Gasteiger partial charge in [0.15, 0.2) is 0 Å². The molecule has 1 aromatic heterocycles. The minimum Gasteiger partial charge on any atom is -0.350 e. The molecule has 0 saturated carbocycles. The van der Waals surface area contributed by atoms with E-state index >= 15 is 0 Å². The fourth-order valence-corrected chi connectivity index (χ4v) is 3.73. The summed E-state index contributed by atoms with van der Waals surface area (Å²) in [4.78, 5) is 21.4. The Bertz CT molecular complexity index is 712. The Kier molecular flexibility index (Phi) is 6.06. The van der Waals surface area contributed by atoms with Crippen LogP contribution in [0.2, 0.25) is 0 Å². The molecule has 26 heavy (non-hydrogen) atoms. The highest BCUT2D eigenvalue weighted by Gasteiger charge is 2.33. The van der Waals surface area contributed by atoms with Gasteiger partial charge in [-0.25, -0.2) is 4.98 Å². The Balaban J connectivity index is 1.61. The summed E-state index contributed by atoms with van der Waals surface area (Å²) in [6, 6.07) is 10.7. The number of aromatic nitrogens is 2. The van der Waals surface area contributed by atoms with Gasteiger partial charge in [-0.1, -0.05) is 30.3 Å². The smallest absolute Gasteiger partial charge is 0.240 e. The number of hydrogen-bond acceptors (Lipinski definition) is 4. The van der Waals surface area contributed by atoms with Gasteiger partial charge in [-0.3, -0.25) is 9.69 Å². The van der Waals surface area contributed by atoms with Crippen LogP contribution >= 0.6 is 0 Å². The number of amides is 1. The first-order valence-corrected chi connectivity index (χ1v) is 9.19. The van der Waals surface area contributed by atoms with Crippen molar-refractivity contribution in [2.75, 3.05) is 33.7 Å². The molecule has 2 heterocycles. The van der Waals surface area contributed by atoms with E-state index in [0.717, 1.165) is 32.0 Å². The maximum absolute atomic E-state index is 12.5. The number of aryl methyl sites for hydroxylation is 1. The molecule has 0 bridgehead atoms. The van der Waals surface area contributed by atoms with E-state index in [0.29, 0.717) is 12.5 Å². The fourth-order valence-electron chi connectivity index (χ4n) is 3.73. The van der Waals surface area contributed by atoms with Gasteiger partial charge < -0.3 is 14.8 Å². The standard InChI is InChI=1S/C20H29N5O/c1-16-21-9-10-25(16)15-20(26)22-19-14-24(13-18(19)12-23(2)3)11-17-7-5-4-6-8-17/h4-10,18-19H,11-15H2,1-3H3,(H,22,26)/t18-,19-/m1/s1. The molecule has 6 nitrogen and oxygen atoms in total. The maximum atomic E-state index is 12.5. The van der Waals surface area contributed by atoms with Gasteiger partial charge >= 0.3 is 0 Å². The van der Waals surface area contributed by atoms with Crippen molar-refractivity contribution in [3.63, 3.8) is 0 Å². The lowest BCUT2D eigenvalue weighted by molar-refractivity contribution is -0.122. The average molecular weight is 355 g/mol. The maximum Gasteiger partial charge on any atom is 0.240 e. The first-order valence-electron chi connectivity index (χ1n) is 9.19. The minimum absolute atomic E-state index is 0.0569. The van der Waals surface area contributed by atoms with Crippen molar-refractivity contribution in [2.45, 2.75) is 26.1 Å². The Labute approximate surface area is 155 Å². The van der Waals surface area contributed by atoms with Gasteiger partial charge in [0.1, 0.15) is 12.4 Å². The van der Waals surface area contributed by atoms with Gasteiger partial charge in [-0.15, -0.1) is 0 Å². The normalized spacial score (nSPS) is 20.6. The van der Waals surface area contributed by atoms with E-state index in [1.165, 1.54) is 5.56 Å². The molecule has 1 saturated heterocycles. The molecule has 3 rings (SSSR count). The van der Waals surface area contributed by atoms with Crippen molar-refractivity contribution < 1.29 is 4.79 Å². The van der Waals surface area contributed by atoms with Crippen molar-refractivity contribution in [3.05, 3.63) is 54.1 Å². The summed E-state index contributed by atoms with van der Waals surface area (Å²) < 4.78 is 1.88. The molecule has 2 aromatic rings. The summed E-state index contributed by atoms with van der Waals surface area (Å²) in [5.74, 6) is 1.35. The van der Waals surface area contributed by atoms with E-state index in [9.17, 15) is 4.79 Å². The van der Waals surface area contributed by atoms with Crippen LogP contribution in [0.15, 0.2) is 42.7 Å². The van der Waals surface area contributed by atoms with E-state index in [1.54, 1.807) is 6.20 Å². The number of carbonyl (C=O) groups excluding carboxylic acids is 1. The Morgan fingerprint density at radius 1 is 1.27 bits per heavy atom. The number of nitrogens with one attached hydrogen (secondary N) is 1. The predicted octanol–water partition coefficient (Wildman–Crippen LogP) is 1.37. The average Bonchev–Trinajstić information content (AvgIpc) is 3.14. The Morgan fingerprint density at radius 2 is 2.04 bits per heavy atom. The molecule has 1 N–H and O–H groups in total. The van der Waals surface area contributed by atoms with Crippen LogP contribution in [-0.2, 0) is 17.9 Å². The van der Waals surface area contributed by atoms with Gasteiger partial charge in [0.25, 0.3) is 0 Å². The summed E-state index contributed by atoms with van der Waals surface area (Å²) in [6.45, 7) is 6.04. The molecule has 1 aliphatic heterocycles. The van der Waals surface area contributed by atoms with E-state index < -0.39 is 0 Å². The third-order valence-corrected chi connectivity index (χ3v) is 4.95. The zero-order valence-corrected chi connectivity index (χ0v) is 15.9. The number of likely N-dealkylation sites (tertiary alicyclic amines) is 1. The van der Waals surface area contributed by atoms with Crippen LogP contribution in [0.3, 0.4) is 0 Å². The van der Waals surface area contributed by atoms with Crippen LogP contribution < -0.4 is 5.32 Å². The molecule has 0 aliphatic carbocycles. The molecule has 2 atom stereocenters. The molecule has 0 radical (unpaired) electrons. The summed E-state index contributed by atoms with van der Waals surface area (Å²) >= 11 is 0. The first kappa shape index (κ1) is 18.6. The van der Waals surface area contributed by atoms with Crippen LogP contribution in [-0.4, -0.2) is 65.0 Å². The van der Waals surface area contributed by atoms with Gasteiger partial charge in [-0.05, 0) is 26.6 Å². The number of rotatable bonds is 7. The zero-order chi connectivity index (χ0) is 18.5. The number of hydrogen-bond donors (Lipinski definition) is 1. The van der Waals surface area contributed by atoms with Crippen molar-refractivity contribution in [2.24, 2.45) is 5.92 Å². The number of nitrogens with zero attached hydrogens (tertiary/aromatic N) is 4. The minimum atomic E-state index is 0.0569. The van der Waals surface area contributed by atoms with Crippen molar-refractivity contribution in [1.29, 1.82) is 0 Å². The number of imidazole rings is 1. The highest BCUT2D eigenvalue weighted by Crippen LogP contribution is 2.20. The van der Waals surface area contributed by atoms with Crippen molar-refractivity contribution >= 4 is 5.91 Å². The van der Waals surface area contributed by atoms with Gasteiger partial charge in [-0.2, -0.15) is 0 Å². The lowest BCUT2D eigenvalue weighted by atomic mass is 10.0. The second-order valence-corrected chi connectivity index (χ2v) is 7.48. The van der Waals surface area contributed by atoms with Crippen LogP contribution in [0.1, 0.15) is 11.4 Å². The van der Waals surface area contributed by atoms with Crippen molar-refractivity contribution in [3.8, 4) is 0 Å². The number of benzene rings is 1. The van der Waals surface area contributed by atoms with E-state index in [4.69, 9.17) is 0 Å². The Morgan fingerprint density at radius 3 is 2.69 bits per heavy atom. The van der Waals surface area contributed by atoms with E-state index in [2.05, 4.69) is 58.5 Å². The van der Waals surface area contributed by atoms with Crippen LogP contribution in [0.5, 0.6) is 0 Å². The third kappa shape index (κ3) is 4.93. The lowest BCUT2D eigenvalue weighted by Gasteiger charge is -2.23. The highest BCUT2D eigenvalue weighted by molar-refractivity contribution is 5.76. The van der Waals surface area contributed by atoms with Crippen LogP contribution in [0, 0.1) is 12.8 Å². The topological polar surface area (TPSA) is 53.4 Å². The molecule has 1 aromatic carbocycles. The number of carbonyl (C=O) groups is 1. The molecule has 0 spiro atoms. The molecule has 1 amide bonds. The highest BCUT2D eigenvalue weighted by atomic mass is 16.2. The Hall–Kier alpha value is -2.18. The second-order valence-electron chi connectivity index (χ2n) is 7.48. The predicted molar refractivity (Wildman–Crippen MR) is 103 cm³/mol. The SMILES string of the molecule is Cc1nccn1CC(=O)N[C@@H]1CN(Cc2ccccc2)C[C@H]1CN(C)C. The second kappa shape index (κ2) is 8.47. The van der Waals surface area contributed by atoms with Gasteiger partial charge in [0.05, 0.1) is 0 Å².